The standard InChI is InChI=1S/C11H7Cl2N3O2/c12-7-2-1-3-8(9(7)13)16-11(18)6-4-14-5-15-10(6)17/h1-5H,(H,16,18)(H,14,15,17). The van der Waals surface area contributed by atoms with E-state index in [1.165, 1.54) is 12.5 Å². The molecule has 0 aliphatic heterocycles. The van der Waals surface area contributed by atoms with Crippen LogP contribution >= 0.6 is 23.2 Å². The van der Waals surface area contributed by atoms with E-state index in [1.807, 2.05) is 0 Å². The molecule has 5 nitrogen and oxygen atoms in total. The largest absolute Gasteiger partial charge is 0.320 e. The maximum atomic E-state index is 11.8. The second-order valence-corrected chi connectivity index (χ2v) is 4.14. The zero-order chi connectivity index (χ0) is 13.1. The average molecular weight is 284 g/mol. The molecule has 1 aromatic heterocycles. The van der Waals surface area contributed by atoms with E-state index in [-0.39, 0.29) is 10.6 Å². The van der Waals surface area contributed by atoms with Gasteiger partial charge in [0, 0.05) is 6.20 Å². The van der Waals surface area contributed by atoms with E-state index in [0.717, 1.165) is 0 Å². The minimum atomic E-state index is -0.603. The lowest BCUT2D eigenvalue weighted by Crippen LogP contribution is -2.23. The molecular weight excluding hydrogens is 277 g/mol. The first-order valence-electron chi connectivity index (χ1n) is 4.87. The Morgan fingerprint density at radius 1 is 1.33 bits per heavy atom. The van der Waals surface area contributed by atoms with Gasteiger partial charge in [-0.05, 0) is 12.1 Å². The van der Waals surface area contributed by atoms with Crippen LogP contribution in [0.25, 0.3) is 0 Å². The second-order valence-electron chi connectivity index (χ2n) is 3.35. The van der Waals surface area contributed by atoms with Crippen LogP contribution in [0, 0.1) is 0 Å². The average Bonchev–Trinajstić information content (AvgIpc) is 2.35. The van der Waals surface area contributed by atoms with Crippen LogP contribution in [-0.2, 0) is 0 Å². The molecule has 0 aliphatic rings. The molecule has 0 spiro atoms. The van der Waals surface area contributed by atoms with Crippen molar-refractivity contribution in [1.82, 2.24) is 9.97 Å². The van der Waals surface area contributed by atoms with Gasteiger partial charge in [-0.1, -0.05) is 29.3 Å². The SMILES string of the molecule is O=C(Nc1cccc(Cl)c1Cl)c1cnc[nH]c1=O. The summed E-state index contributed by atoms with van der Waals surface area (Å²) in [5.41, 5.74) is -0.299. The maximum absolute atomic E-state index is 11.8. The summed E-state index contributed by atoms with van der Waals surface area (Å²) >= 11 is 11.7. The summed E-state index contributed by atoms with van der Waals surface area (Å²) in [4.78, 5) is 29.2. The molecule has 0 unspecified atom stereocenters. The molecule has 0 atom stereocenters. The van der Waals surface area contributed by atoms with Crippen molar-refractivity contribution in [2.24, 2.45) is 0 Å². The Morgan fingerprint density at radius 3 is 2.83 bits per heavy atom. The number of hydrogen-bond acceptors (Lipinski definition) is 3. The predicted octanol–water partition coefficient (Wildman–Crippen LogP) is 2.33. The van der Waals surface area contributed by atoms with Crippen molar-refractivity contribution >= 4 is 34.8 Å². The highest BCUT2D eigenvalue weighted by atomic mass is 35.5. The first kappa shape index (κ1) is 12.6. The number of amides is 1. The Labute approximate surface area is 112 Å². The molecule has 2 N–H and O–H groups in total. The van der Waals surface area contributed by atoms with Crippen molar-refractivity contribution in [3.63, 3.8) is 0 Å². The number of anilines is 1. The molecule has 2 aromatic rings. The van der Waals surface area contributed by atoms with Gasteiger partial charge in [-0.3, -0.25) is 9.59 Å². The Morgan fingerprint density at radius 2 is 2.11 bits per heavy atom. The van der Waals surface area contributed by atoms with Crippen LogP contribution in [0.4, 0.5) is 5.69 Å². The van der Waals surface area contributed by atoms with Crippen molar-refractivity contribution < 1.29 is 4.79 Å². The molecular formula is C11H7Cl2N3O2. The smallest absolute Gasteiger partial charge is 0.263 e. The van der Waals surface area contributed by atoms with Crippen molar-refractivity contribution in [1.29, 1.82) is 0 Å². The molecule has 18 heavy (non-hydrogen) atoms. The number of nitrogens with one attached hydrogen (secondary N) is 2. The van der Waals surface area contributed by atoms with E-state index in [9.17, 15) is 9.59 Å². The van der Waals surface area contributed by atoms with Crippen molar-refractivity contribution in [2.45, 2.75) is 0 Å². The van der Waals surface area contributed by atoms with Crippen LogP contribution in [-0.4, -0.2) is 15.9 Å². The molecule has 2 rings (SSSR count). The van der Waals surface area contributed by atoms with Gasteiger partial charge in [-0.15, -0.1) is 0 Å². The molecule has 7 heteroatoms. The van der Waals surface area contributed by atoms with E-state index in [0.29, 0.717) is 10.7 Å². The summed E-state index contributed by atoms with van der Waals surface area (Å²) in [6.45, 7) is 0. The number of halogens is 2. The third kappa shape index (κ3) is 2.52. The molecule has 0 saturated heterocycles. The normalized spacial score (nSPS) is 10.1. The lowest BCUT2D eigenvalue weighted by Gasteiger charge is -2.07. The fraction of sp³-hybridized carbons (Fsp3) is 0. The van der Waals surface area contributed by atoms with Gasteiger partial charge >= 0.3 is 0 Å². The minimum Gasteiger partial charge on any atom is -0.320 e. The molecule has 92 valence electrons. The zero-order valence-electron chi connectivity index (χ0n) is 8.91. The predicted molar refractivity (Wildman–Crippen MR) is 69.3 cm³/mol. The van der Waals surface area contributed by atoms with E-state index in [1.54, 1.807) is 18.2 Å². The van der Waals surface area contributed by atoms with Crippen LogP contribution in [0.3, 0.4) is 0 Å². The van der Waals surface area contributed by atoms with Crippen LogP contribution < -0.4 is 10.9 Å². The fourth-order valence-corrected chi connectivity index (χ4v) is 1.64. The Bertz CT molecular complexity index is 655. The van der Waals surface area contributed by atoms with Gasteiger partial charge in [0.15, 0.2) is 0 Å². The van der Waals surface area contributed by atoms with Gasteiger partial charge in [-0.2, -0.15) is 0 Å². The molecule has 1 amide bonds. The molecule has 1 aromatic carbocycles. The number of rotatable bonds is 2. The summed E-state index contributed by atoms with van der Waals surface area (Å²) < 4.78 is 0. The van der Waals surface area contributed by atoms with Crippen molar-refractivity contribution in [3.05, 3.63) is 56.7 Å². The number of aromatic nitrogens is 2. The summed E-state index contributed by atoms with van der Waals surface area (Å²) in [5.74, 6) is -0.603. The maximum Gasteiger partial charge on any atom is 0.263 e. The first-order valence-corrected chi connectivity index (χ1v) is 5.63. The number of H-pyrrole nitrogens is 1. The third-order valence-electron chi connectivity index (χ3n) is 2.16. The lowest BCUT2D eigenvalue weighted by atomic mass is 10.2. The fourth-order valence-electron chi connectivity index (χ4n) is 1.30. The van der Waals surface area contributed by atoms with Crippen LogP contribution in [0.1, 0.15) is 10.4 Å². The van der Waals surface area contributed by atoms with E-state index < -0.39 is 11.5 Å². The van der Waals surface area contributed by atoms with Crippen molar-refractivity contribution in [2.75, 3.05) is 5.32 Å². The Hall–Kier alpha value is -1.85. The van der Waals surface area contributed by atoms with Crippen LogP contribution in [0.5, 0.6) is 0 Å². The molecule has 0 fully saturated rings. The van der Waals surface area contributed by atoms with Gasteiger partial charge in [-0.25, -0.2) is 4.98 Å². The van der Waals surface area contributed by atoms with Gasteiger partial charge in [0.1, 0.15) is 5.56 Å². The number of nitrogens with zero attached hydrogens (tertiary/aromatic N) is 1. The monoisotopic (exact) mass is 283 g/mol. The molecule has 0 saturated carbocycles. The topological polar surface area (TPSA) is 74.8 Å². The number of carbonyl (C=O) groups is 1. The third-order valence-corrected chi connectivity index (χ3v) is 2.98. The number of aromatic amines is 1. The summed E-state index contributed by atoms with van der Waals surface area (Å²) in [7, 11) is 0. The second kappa shape index (κ2) is 5.20. The Kier molecular flexibility index (Phi) is 3.64. The zero-order valence-corrected chi connectivity index (χ0v) is 10.4. The number of carbonyl (C=O) groups excluding carboxylic acids is 1. The highest BCUT2D eigenvalue weighted by Crippen LogP contribution is 2.29. The minimum absolute atomic E-state index is 0.103. The summed E-state index contributed by atoms with van der Waals surface area (Å²) in [6.07, 6.45) is 2.37. The quantitative estimate of drug-likeness (QED) is 0.888. The highest BCUT2D eigenvalue weighted by Gasteiger charge is 2.13. The van der Waals surface area contributed by atoms with E-state index in [2.05, 4.69) is 15.3 Å². The van der Waals surface area contributed by atoms with Crippen LogP contribution in [0.2, 0.25) is 10.0 Å². The molecule has 0 bridgehead atoms. The van der Waals surface area contributed by atoms with Crippen molar-refractivity contribution in [3.8, 4) is 0 Å². The van der Waals surface area contributed by atoms with Crippen LogP contribution in [0.15, 0.2) is 35.5 Å². The molecule has 1 heterocycles. The Balaban J connectivity index is 2.30. The molecule has 0 radical (unpaired) electrons. The summed E-state index contributed by atoms with van der Waals surface area (Å²) in [5, 5.41) is 3.02. The summed E-state index contributed by atoms with van der Waals surface area (Å²) in [6, 6.07) is 4.81. The van der Waals surface area contributed by atoms with Gasteiger partial charge in [0.2, 0.25) is 0 Å². The first-order chi connectivity index (χ1) is 8.59. The van der Waals surface area contributed by atoms with Gasteiger partial charge in [0.05, 0.1) is 22.1 Å². The van der Waals surface area contributed by atoms with E-state index >= 15 is 0 Å². The highest BCUT2D eigenvalue weighted by molar-refractivity contribution is 6.44. The lowest BCUT2D eigenvalue weighted by molar-refractivity contribution is 0.102. The number of benzene rings is 1. The van der Waals surface area contributed by atoms with Gasteiger partial charge < -0.3 is 10.3 Å². The van der Waals surface area contributed by atoms with E-state index in [4.69, 9.17) is 23.2 Å². The number of hydrogen-bond donors (Lipinski definition) is 2. The van der Waals surface area contributed by atoms with Gasteiger partial charge in [0.25, 0.3) is 11.5 Å². The molecule has 0 aliphatic carbocycles.